The van der Waals surface area contributed by atoms with Gasteiger partial charge in [-0.1, -0.05) is 13.0 Å². The van der Waals surface area contributed by atoms with Crippen LogP contribution in [0.5, 0.6) is 0 Å². The standard InChI is InChI=1S/C16H18N4O2/c1-10-9-12(21)18-15-13(10)11-3-2-4-17-14(11)16(19-15)20-5-7-22-8-6-20/h2-4,10H,5-9H2,1H3,(H,18,19,21). The molecule has 4 heterocycles. The lowest BCUT2D eigenvalue weighted by molar-refractivity contribution is -0.116. The van der Waals surface area contributed by atoms with Crippen molar-refractivity contribution in [3.8, 4) is 0 Å². The summed E-state index contributed by atoms with van der Waals surface area (Å²) in [6.45, 7) is 5.04. The highest BCUT2D eigenvalue weighted by molar-refractivity contribution is 6.01. The summed E-state index contributed by atoms with van der Waals surface area (Å²) in [6.07, 6.45) is 2.29. The molecule has 1 N–H and O–H groups in total. The summed E-state index contributed by atoms with van der Waals surface area (Å²) in [5.41, 5.74) is 2.01. The van der Waals surface area contributed by atoms with Gasteiger partial charge < -0.3 is 15.0 Å². The van der Waals surface area contributed by atoms with Crippen LogP contribution in [0.1, 0.15) is 24.8 Å². The Bertz CT molecular complexity index is 740. The molecule has 2 aliphatic heterocycles. The largest absolute Gasteiger partial charge is 0.378 e. The number of amides is 1. The highest BCUT2D eigenvalue weighted by atomic mass is 16.5. The van der Waals surface area contributed by atoms with Crippen molar-refractivity contribution >= 4 is 28.4 Å². The first kappa shape index (κ1) is 13.5. The summed E-state index contributed by atoms with van der Waals surface area (Å²) in [7, 11) is 0. The second-order valence-corrected chi connectivity index (χ2v) is 5.85. The van der Waals surface area contributed by atoms with Gasteiger partial charge in [0.1, 0.15) is 11.3 Å². The molecule has 22 heavy (non-hydrogen) atoms. The predicted octanol–water partition coefficient (Wildman–Crippen LogP) is 1.91. The molecule has 0 aliphatic carbocycles. The van der Waals surface area contributed by atoms with Crippen molar-refractivity contribution in [3.63, 3.8) is 0 Å². The van der Waals surface area contributed by atoms with E-state index in [1.807, 2.05) is 6.07 Å². The Balaban J connectivity index is 1.94. The van der Waals surface area contributed by atoms with Crippen molar-refractivity contribution in [2.45, 2.75) is 19.3 Å². The molecule has 2 aromatic heterocycles. The van der Waals surface area contributed by atoms with Crippen LogP contribution in [-0.2, 0) is 9.53 Å². The summed E-state index contributed by atoms with van der Waals surface area (Å²) in [5, 5.41) is 4.01. The van der Waals surface area contributed by atoms with Crippen molar-refractivity contribution < 1.29 is 9.53 Å². The molecule has 0 bridgehead atoms. The van der Waals surface area contributed by atoms with Gasteiger partial charge in [0.2, 0.25) is 5.91 Å². The van der Waals surface area contributed by atoms with Crippen LogP contribution >= 0.6 is 0 Å². The van der Waals surface area contributed by atoms with Gasteiger partial charge in [0.05, 0.1) is 13.2 Å². The van der Waals surface area contributed by atoms with Gasteiger partial charge in [0.25, 0.3) is 0 Å². The Morgan fingerprint density at radius 2 is 2.18 bits per heavy atom. The zero-order valence-electron chi connectivity index (χ0n) is 12.5. The van der Waals surface area contributed by atoms with E-state index in [-0.39, 0.29) is 11.8 Å². The van der Waals surface area contributed by atoms with E-state index < -0.39 is 0 Å². The number of hydrogen-bond donors (Lipinski definition) is 1. The van der Waals surface area contributed by atoms with E-state index in [0.717, 1.165) is 35.4 Å². The SMILES string of the molecule is CC1CC(=O)Nc2nc(N3CCOCC3)c3ncccc3c21. The van der Waals surface area contributed by atoms with Gasteiger partial charge in [-0.2, -0.15) is 0 Å². The molecule has 6 heteroatoms. The van der Waals surface area contributed by atoms with Gasteiger partial charge in [-0.3, -0.25) is 9.78 Å². The van der Waals surface area contributed by atoms with Crippen LogP contribution in [0.2, 0.25) is 0 Å². The molecule has 1 fully saturated rings. The minimum Gasteiger partial charge on any atom is -0.378 e. The van der Waals surface area contributed by atoms with Crippen LogP contribution in [0, 0.1) is 0 Å². The van der Waals surface area contributed by atoms with Gasteiger partial charge >= 0.3 is 0 Å². The molecule has 2 aromatic rings. The van der Waals surface area contributed by atoms with Crippen LogP contribution in [0.25, 0.3) is 10.9 Å². The first-order chi connectivity index (χ1) is 10.7. The van der Waals surface area contributed by atoms with Gasteiger partial charge in [0.15, 0.2) is 5.82 Å². The Hall–Kier alpha value is -2.21. The van der Waals surface area contributed by atoms with Crippen molar-refractivity contribution in [1.29, 1.82) is 0 Å². The topological polar surface area (TPSA) is 67.4 Å². The predicted molar refractivity (Wildman–Crippen MR) is 84.2 cm³/mol. The lowest BCUT2D eigenvalue weighted by atomic mass is 9.91. The lowest BCUT2D eigenvalue weighted by Crippen LogP contribution is -2.37. The number of nitrogens with zero attached hydrogens (tertiary/aromatic N) is 3. The molecule has 1 amide bonds. The Kier molecular flexibility index (Phi) is 3.18. The minimum absolute atomic E-state index is 0.0312. The van der Waals surface area contributed by atoms with E-state index in [2.05, 4.69) is 28.2 Å². The normalized spacial score (nSPS) is 21.6. The van der Waals surface area contributed by atoms with Gasteiger partial charge in [-0.25, -0.2) is 4.98 Å². The zero-order valence-corrected chi connectivity index (χ0v) is 12.5. The van der Waals surface area contributed by atoms with Gasteiger partial charge in [-0.15, -0.1) is 0 Å². The lowest BCUT2D eigenvalue weighted by Gasteiger charge is -2.31. The van der Waals surface area contributed by atoms with E-state index in [1.54, 1.807) is 6.20 Å². The molecule has 114 valence electrons. The fourth-order valence-corrected chi connectivity index (χ4v) is 3.30. The third-order valence-corrected chi connectivity index (χ3v) is 4.34. The Morgan fingerprint density at radius 1 is 1.36 bits per heavy atom. The first-order valence-electron chi connectivity index (χ1n) is 7.65. The molecular weight excluding hydrogens is 280 g/mol. The minimum atomic E-state index is 0.0312. The molecule has 1 saturated heterocycles. The highest BCUT2D eigenvalue weighted by Gasteiger charge is 2.28. The van der Waals surface area contributed by atoms with Crippen molar-refractivity contribution in [2.24, 2.45) is 0 Å². The van der Waals surface area contributed by atoms with E-state index in [1.165, 1.54) is 0 Å². The highest BCUT2D eigenvalue weighted by Crippen LogP contribution is 2.39. The number of hydrogen-bond acceptors (Lipinski definition) is 5. The Labute approximate surface area is 128 Å². The smallest absolute Gasteiger partial charge is 0.226 e. The molecule has 0 saturated carbocycles. The Morgan fingerprint density at radius 3 is 3.00 bits per heavy atom. The number of ether oxygens (including phenoxy) is 1. The second kappa shape index (κ2) is 5.21. The average molecular weight is 298 g/mol. The summed E-state index contributed by atoms with van der Waals surface area (Å²) in [4.78, 5) is 23.3. The quantitative estimate of drug-likeness (QED) is 0.871. The van der Waals surface area contributed by atoms with Crippen molar-refractivity contribution in [2.75, 3.05) is 36.5 Å². The number of nitrogens with one attached hydrogen (secondary N) is 1. The molecular formula is C16H18N4O2. The molecule has 2 aliphatic rings. The number of pyridine rings is 2. The number of carbonyl (C=O) groups excluding carboxylic acids is 1. The van der Waals surface area contributed by atoms with Crippen molar-refractivity contribution in [1.82, 2.24) is 9.97 Å². The molecule has 4 rings (SSSR count). The van der Waals surface area contributed by atoms with Crippen LogP contribution in [0.15, 0.2) is 18.3 Å². The maximum absolute atomic E-state index is 11.9. The number of morpholine rings is 1. The fourth-order valence-electron chi connectivity index (χ4n) is 3.30. The van der Waals surface area contributed by atoms with Crippen LogP contribution in [-0.4, -0.2) is 42.2 Å². The van der Waals surface area contributed by atoms with E-state index in [9.17, 15) is 4.79 Å². The molecule has 0 radical (unpaired) electrons. The van der Waals surface area contributed by atoms with E-state index in [0.29, 0.717) is 25.5 Å². The number of rotatable bonds is 1. The number of carbonyl (C=O) groups is 1. The van der Waals surface area contributed by atoms with Crippen LogP contribution < -0.4 is 10.2 Å². The summed E-state index contributed by atoms with van der Waals surface area (Å²) < 4.78 is 5.42. The summed E-state index contributed by atoms with van der Waals surface area (Å²) >= 11 is 0. The zero-order chi connectivity index (χ0) is 15.1. The molecule has 1 atom stereocenters. The van der Waals surface area contributed by atoms with E-state index in [4.69, 9.17) is 9.72 Å². The third kappa shape index (κ3) is 2.11. The fraction of sp³-hybridized carbons (Fsp3) is 0.438. The van der Waals surface area contributed by atoms with Gasteiger partial charge in [0, 0.05) is 36.7 Å². The number of fused-ring (bicyclic) bond motifs is 3. The molecule has 0 spiro atoms. The number of aromatic nitrogens is 2. The average Bonchev–Trinajstić information content (AvgIpc) is 2.54. The molecule has 6 nitrogen and oxygen atoms in total. The first-order valence-corrected chi connectivity index (χ1v) is 7.65. The molecule has 0 aromatic carbocycles. The van der Waals surface area contributed by atoms with Crippen LogP contribution in [0.3, 0.4) is 0 Å². The summed E-state index contributed by atoms with van der Waals surface area (Å²) in [5.74, 6) is 1.71. The monoisotopic (exact) mass is 298 g/mol. The van der Waals surface area contributed by atoms with E-state index >= 15 is 0 Å². The maximum atomic E-state index is 11.9. The molecule has 1 unspecified atom stereocenters. The van der Waals surface area contributed by atoms with Crippen molar-refractivity contribution in [3.05, 3.63) is 23.9 Å². The summed E-state index contributed by atoms with van der Waals surface area (Å²) in [6, 6.07) is 4.01. The number of anilines is 2. The van der Waals surface area contributed by atoms with Crippen LogP contribution in [0.4, 0.5) is 11.6 Å². The maximum Gasteiger partial charge on any atom is 0.226 e. The second-order valence-electron chi connectivity index (χ2n) is 5.85. The van der Waals surface area contributed by atoms with Gasteiger partial charge in [-0.05, 0) is 12.0 Å². The third-order valence-electron chi connectivity index (χ3n) is 4.34.